The van der Waals surface area contributed by atoms with E-state index >= 15 is 0 Å². The van der Waals surface area contributed by atoms with E-state index in [1.165, 1.54) is 12.1 Å². The summed E-state index contributed by atoms with van der Waals surface area (Å²) in [6, 6.07) is 14.7. The first-order valence-corrected chi connectivity index (χ1v) is 9.90. The summed E-state index contributed by atoms with van der Waals surface area (Å²) in [6.07, 6.45) is -9.91. The molecule has 176 valence electrons. The monoisotopic (exact) mass is 477 g/mol. The molecule has 0 saturated carbocycles. The summed E-state index contributed by atoms with van der Waals surface area (Å²) in [6.45, 7) is 0. The number of nitrogens with zero attached hydrogens (tertiary/aromatic N) is 1. The molecule has 0 aliphatic rings. The fourth-order valence-corrected chi connectivity index (χ4v) is 3.83. The second-order valence-corrected chi connectivity index (χ2v) is 7.66. The van der Waals surface area contributed by atoms with Crippen LogP contribution in [-0.4, -0.2) is 10.5 Å². The first kappa shape index (κ1) is 23.2. The second-order valence-electron chi connectivity index (χ2n) is 7.66. The summed E-state index contributed by atoms with van der Waals surface area (Å²) < 4.78 is 81.4. The van der Waals surface area contributed by atoms with Crippen molar-refractivity contribution in [1.29, 1.82) is 0 Å². The standard InChI is InChI=1S/C24H17F6N3O/c1-33-20(13-6-8-14(9-7-13)21(31)34)18-4-2-3-5-19(18)22(33)32-17-11-15(23(25,26)27)10-16(12-17)24(28,29)30/h2-12,32H,1H3,(H2,31,34). The third-order valence-electron chi connectivity index (χ3n) is 5.40. The van der Waals surface area contributed by atoms with Crippen molar-refractivity contribution in [2.75, 3.05) is 5.32 Å². The van der Waals surface area contributed by atoms with Crippen LogP contribution in [0.4, 0.5) is 37.8 Å². The van der Waals surface area contributed by atoms with E-state index in [-0.39, 0.29) is 11.8 Å². The Morgan fingerprint density at radius 2 is 1.35 bits per heavy atom. The highest BCUT2D eigenvalue weighted by Crippen LogP contribution is 2.41. The van der Waals surface area contributed by atoms with Gasteiger partial charge in [-0.15, -0.1) is 0 Å². The SMILES string of the molecule is Cn1c(Nc2cc(C(F)(F)F)cc(C(F)(F)F)c2)c2ccccc2c1-c1ccc(C(N)=O)cc1. The number of amides is 1. The Bertz CT molecular complexity index is 1350. The molecule has 4 nitrogen and oxygen atoms in total. The zero-order valence-electron chi connectivity index (χ0n) is 17.6. The lowest BCUT2D eigenvalue weighted by Gasteiger charge is -2.16. The number of alkyl halides is 6. The molecule has 0 spiro atoms. The Morgan fingerprint density at radius 1 is 0.824 bits per heavy atom. The van der Waals surface area contributed by atoms with Crippen LogP contribution in [0.5, 0.6) is 0 Å². The van der Waals surface area contributed by atoms with Crippen molar-refractivity contribution in [1.82, 2.24) is 4.57 Å². The van der Waals surface area contributed by atoms with Crippen molar-refractivity contribution in [2.24, 2.45) is 12.8 Å². The minimum absolute atomic E-state index is 0.0833. The molecule has 0 unspecified atom stereocenters. The number of hydrogen-bond acceptors (Lipinski definition) is 2. The van der Waals surface area contributed by atoms with Gasteiger partial charge in [-0.3, -0.25) is 4.79 Å². The van der Waals surface area contributed by atoms with Gasteiger partial charge in [-0.1, -0.05) is 36.4 Å². The van der Waals surface area contributed by atoms with Crippen molar-refractivity contribution in [3.63, 3.8) is 0 Å². The minimum atomic E-state index is -4.96. The molecule has 0 saturated heterocycles. The van der Waals surface area contributed by atoms with Crippen molar-refractivity contribution in [3.05, 3.63) is 83.4 Å². The van der Waals surface area contributed by atoms with Gasteiger partial charge in [0.25, 0.3) is 0 Å². The predicted octanol–water partition coefficient (Wildman–Crippen LogP) is 6.73. The number of carbonyl (C=O) groups is 1. The Balaban J connectivity index is 1.87. The molecule has 34 heavy (non-hydrogen) atoms. The molecular weight excluding hydrogens is 460 g/mol. The highest BCUT2D eigenvalue weighted by atomic mass is 19.4. The summed E-state index contributed by atoms with van der Waals surface area (Å²) in [5.74, 6) is -0.298. The Hall–Kier alpha value is -3.95. The van der Waals surface area contributed by atoms with E-state index in [1.54, 1.807) is 48.0 Å². The van der Waals surface area contributed by atoms with E-state index in [1.807, 2.05) is 0 Å². The number of anilines is 2. The van der Waals surface area contributed by atoms with Crippen molar-refractivity contribution in [3.8, 4) is 11.3 Å². The van der Waals surface area contributed by atoms with E-state index in [9.17, 15) is 31.1 Å². The molecule has 0 fully saturated rings. The summed E-state index contributed by atoms with van der Waals surface area (Å²) >= 11 is 0. The van der Waals surface area contributed by atoms with Crippen LogP contribution in [0.2, 0.25) is 0 Å². The van der Waals surface area contributed by atoms with Gasteiger partial charge >= 0.3 is 12.4 Å². The van der Waals surface area contributed by atoms with Crippen LogP contribution < -0.4 is 11.1 Å². The number of aromatic nitrogens is 1. The molecule has 4 rings (SSSR count). The number of benzene rings is 3. The van der Waals surface area contributed by atoms with E-state index < -0.39 is 29.4 Å². The van der Waals surface area contributed by atoms with Gasteiger partial charge in [-0.25, -0.2) is 0 Å². The molecule has 0 bridgehead atoms. The van der Waals surface area contributed by atoms with Crippen LogP contribution in [0, 0.1) is 0 Å². The number of rotatable bonds is 4. The molecular formula is C24H17F6N3O. The third kappa shape index (κ3) is 4.30. The molecule has 3 aromatic carbocycles. The predicted molar refractivity (Wildman–Crippen MR) is 117 cm³/mol. The van der Waals surface area contributed by atoms with Gasteiger partial charge in [0.05, 0.1) is 16.8 Å². The molecule has 0 aliphatic heterocycles. The minimum Gasteiger partial charge on any atom is -0.366 e. The maximum absolute atomic E-state index is 13.3. The molecule has 4 aromatic rings. The van der Waals surface area contributed by atoms with Crippen LogP contribution in [0.25, 0.3) is 22.0 Å². The zero-order chi connectivity index (χ0) is 24.8. The van der Waals surface area contributed by atoms with Gasteiger partial charge in [0.15, 0.2) is 0 Å². The molecule has 1 aromatic heterocycles. The molecule has 10 heteroatoms. The van der Waals surface area contributed by atoms with Gasteiger partial charge in [0, 0.05) is 29.1 Å². The number of halogens is 6. The topological polar surface area (TPSA) is 60.1 Å². The van der Waals surface area contributed by atoms with Gasteiger partial charge in [-0.2, -0.15) is 26.3 Å². The number of nitrogens with one attached hydrogen (secondary N) is 1. The van der Waals surface area contributed by atoms with Crippen molar-refractivity contribution < 1.29 is 31.1 Å². The molecule has 0 aliphatic carbocycles. The smallest absolute Gasteiger partial charge is 0.366 e. The van der Waals surface area contributed by atoms with Crippen LogP contribution >= 0.6 is 0 Å². The van der Waals surface area contributed by atoms with E-state index in [4.69, 9.17) is 5.73 Å². The largest absolute Gasteiger partial charge is 0.416 e. The van der Waals surface area contributed by atoms with E-state index in [0.717, 1.165) is 0 Å². The van der Waals surface area contributed by atoms with Gasteiger partial charge in [0.2, 0.25) is 5.91 Å². The number of primary amides is 1. The van der Waals surface area contributed by atoms with Crippen molar-refractivity contribution >= 4 is 28.2 Å². The number of carbonyl (C=O) groups excluding carboxylic acids is 1. The maximum atomic E-state index is 13.3. The lowest BCUT2D eigenvalue weighted by molar-refractivity contribution is -0.143. The normalized spacial score (nSPS) is 12.2. The first-order chi connectivity index (χ1) is 15.9. The molecule has 1 heterocycles. The summed E-state index contributed by atoms with van der Waals surface area (Å²) in [5, 5.41) is 4.05. The van der Waals surface area contributed by atoms with Gasteiger partial charge in [-0.05, 0) is 35.9 Å². The van der Waals surface area contributed by atoms with Gasteiger partial charge < -0.3 is 15.6 Å². The average Bonchev–Trinajstić information content (AvgIpc) is 3.04. The van der Waals surface area contributed by atoms with Crippen LogP contribution in [0.3, 0.4) is 0 Å². The average molecular weight is 477 g/mol. The summed E-state index contributed by atoms with van der Waals surface area (Å²) in [5.41, 5.74) is 3.73. The lowest BCUT2D eigenvalue weighted by atomic mass is 10.0. The van der Waals surface area contributed by atoms with E-state index in [2.05, 4.69) is 5.32 Å². The van der Waals surface area contributed by atoms with Crippen molar-refractivity contribution in [2.45, 2.75) is 12.4 Å². The quantitative estimate of drug-likeness (QED) is 0.321. The molecule has 1 amide bonds. The van der Waals surface area contributed by atoms with Gasteiger partial charge in [0.1, 0.15) is 5.82 Å². The van der Waals surface area contributed by atoms with Crippen LogP contribution in [-0.2, 0) is 19.4 Å². The maximum Gasteiger partial charge on any atom is 0.416 e. The Kier molecular flexibility index (Phi) is 5.55. The fourth-order valence-electron chi connectivity index (χ4n) is 3.83. The lowest BCUT2D eigenvalue weighted by Crippen LogP contribution is -2.12. The highest BCUT2D eigenvalue weighted by molar-refractivity contribution is 6.05. The van der Waals surface area contributed by atoms with Crippen LogP contribution in [0.15, 0.2) is 66.7 Å². The molecule has 0 atom stereocenters. The Labute approximate surface area is 189 Å². The second kappa shape index (κ2) is 8.12. The Morgan fingerprint density at radius 3 is 1.85 bits per heavy atom. The number of nitrogens with two attached hydrogens (primary N) is 1. The first-order valence-electron chi connectivity index (χ1n) is 9.90. The molecule has 0 radical (unpaired) electrons. The fraction of sp³-hybridized carbons (Fsp3) is 0.125. The summed E-state index contributed by atoms with van der Waals surface area (Å²) in [4.78, 5) is 11.4. The van der Waals surface area contributed by atoms with E-state index in [0.29, 0.717) is 45.5 Å². The highest BCUT2D eigenvalue weighted by Gasteiger charge is 2.37. The zero-order valence-corrected chi connectivity index (χ0v) is 17.6. The van der Waals surface area contributed by atoms with Crippen LogP contribution in [0.1, 0.15) is 21.5 Å². The number of fused-ring (bicyclic) bond motifs is 1. The molecule has 3 N–H and O–H groups in total. The summed E-state index contributed by atoms with van der Waals surface area (Å²) in [7, 11) is 1.64. The number of hydrogen-bond donors (Lipinski definition) is 2. The third-order valence-corrected chi connectivity index (χ3v) is 5.40.